The van der Waals surface area contributed by atoms with Crippen LogP contribution in [0.2, 0.25) is 5.02 Å². The largest absolute Gasteiger partial charge is 0.367 e. The summed E-state index contributed by atoms with van der Waals surface area (Å²) in [5, 5.41) is 12.9. The van der Waals surface area contributed by atoms with E-state index < -0.39 is 0 Å². The highest BCUT2D eigenvalue weighted by Crippen LogP contribution is 2.30. The SMILES string of the molecule is Cc1cnn2c(NC3CCN(C(=O)Cc4ccsc4)CC3)cc(-c3ccccc3Cl)nc12. The lowest BCUT2D eigenvalue weighted by Gasteiger charge is -2.33. The molecule has 32 heavy (non-hydrogen) atoms. The molecule has 6 nitrogen and oxygen atoms in total. The molecule has 1 aliphatic rings. The quantitative estimate of drug-likeness (QED) is 0.447. The lowest BCUT2D eigenvalue weighted by Crippen LogP contribution is -2.43. The van der Waals surface area contributed by atoms with Crippen molar-refractivity contribution in [2.45, 2.75) is 32.2 Å². The molecule has 4 aromatic rings. The second-order valence-electron chi connectivity index (χ2n) is 8.18. The highest BCUT2D eigenvalue weighted by molar-refractivity contribution is 7.08. The normalized spacial score (nSPS) is 14.8. The van der Waals surface area contributed by atoms with Crippen molar-refractivity contribution in [1.82, 2.24) is 19.5 Å². The van der Waals surface area contributed by atoms with E-state index in [2.05, 4.69) is 10.4 Å². The Bertz CT molecular complexity index is 1240. The molecule has 1 aromatic carbocycles. The van der Waals surface area contributed by atoms with Crippen molar-refractivity contribution in [3.63, 3.8) is 0 Å². The monoisotopic (exact) mass is 465 g/mol. The molecule has 1 saturated heterocycles. The second-order valence-corrected chi connectivity index (χ2v) is 9.36. The molecule has 0 aliphatic carbocycles. The second kappa shape index (κ2) is 8.92. The topological polar surface area (TPSA) is 62.5 Å². The van der Waals surface area contributed by atoms with Crippen LogP contribution in [-0.2, 0) is 11.2 Å². The van der Waals surface area contributed by atoms with Gasteiger partial charge in [0.15, 0.2) is 5.65 Å². The van der Waals surface area contributed by atoms with E-state index in [0.717, 1.165) is 59.8 Å². The zero-order chi connectivity index (χ0) is 22.1. The van der Waals surface area contributed by atoms with Gasteiger partial charge in [-0.25, -0.2) is 4.98 Å². The number of halogens is 1. The number of piperidine rings is 1. The number of rotatable bonds is 5. The number of benzene rings is 1. The number of aromatic nitrogens is 3. The molecule has 0 atom stereocenters. The van der Waals surface area contributed by atoms with Gasteiger partial charge in [-0.3, -0.25) is 4.79 Å². The Kier molecular flexibility index (Phi) is 5.85. The molecule has 0 saturated carbocycles. The van der Waals surface area contributed by atoms with E-state index in [-0.39, 0.29) is 11.9 Å². The first-order valence-corrected chi connectivity index (χ1v) is 12.1. The lowest BCUT2D eigenvalue weighted by atomic mass is 10.0. The van der Waals surface area contributed by atoms with Gasteiger partial charge in [-0.2, -0.15) is 21.0 Å². The molecule has 0 bridgehead atoms. The van der Waals surface area contributed by atoms with Crippen molar-refractivity contribution in [3.05, 3.63) is 69.5 Å². The summed E-state index contributed by atoms with van der Waals surface area (Å²) < 4.78 is 1.85. The van der Waals surface area contributed by atoms with E-state index in [9.17, 15) is 4.79 Å². The smallest absolute Gasteiger partial charge is 0.227 e. The minimum Gasteiger partial charge on any atom is -0.367 e. The predicted molar refractivity (Wildman–Crippen MR) is 129 cm³/mol. The minimum absolute atomic E-state index is 0.205. The van der Waals surface area contributed by atoms with Crippen LogP contribution >= 0.6 is 22.9 Å². The van der Waals surface area contributed by atoms with Crippen LogP contribution in [0.5, 0.6) is 0 Å². The summed E-state index contributed by atoms with van der Waals surface area (Å²) in [5.74, 6) is 1.10. The standard InChI is InChI=1S/C24H24ClN5OS/c1-16-14-26-30-22(13-21(28-24(16)30)19-4-2-3-5-20(19)25)27-18-6-9-29(10-7-18)23(31)12-17-8-11-32-15-17/h2-5,8,11,13-15,18,27H,6-7,9-10,12H2,1H3. The average Bonchev–Trinajstić information content (AvgIpc) is 3.44. The van der Waals surface area contributed by atoms with Crippen LogP contribution in [0.3, 0.4) is 0 Å². The summed E-state index contributed by atoms with van der Waals surface area (Å²) in [4.78, 5) is 19.4. The predicted octanol–water partition coefficient (Wildman–Crippen LogP) is 5.07. The number of hydrogen-bond donors (Lipinski definition) is 1. The van der Waals surface area contributed by atoms with Crippen LogP contribution < -0.4 is 5.32 Å². The van der Waals surface area contributed by atoms with Crippen molar-refractivity contribution in [1.29, 1.82) is 0 Å². The maximum Gasteiger partial charge on any atom is 0.227 e. The number of thiophene rings is 1. The molecule has 1 amide bonds. The van der Waals surface area contributed by atoms with Gasteiger partial charge >= 0.3 is 0 Å². The summed E-state index contributed by atoms with van der Waals surface area (Å²) in [6, 6.07) is 12.0. The van der Waals surface area contributed by atoms with Gasteiger partial charge in [-0.15, -0.1) is 0 Å². The number of anilines is 1. The molecule has 0 spiro atoms. The third-order valence-electron chi connectivity index (χ3n) is 5.93. The van der Waals surface area contributed by atoms with Crippen molar-refractivity contribution in [3.8, 4) is 11.3 Å². The van der Waals surface area contributed by atoms with Crippen molar-refractivity contribution in [2.75, 3.05) is 18.4 Å². The number of nitrogens with one attached hydrogen (secondary N) is 1. The van der Waals surface area contributed by atoms with E-state index in [1.807, 2.05) is 69.7 Å². The zero-order valence-electron chi connectivity index (χ0n) is 17.8. The highest BCUT2D eigenvalue weighted by Gasteiger charge is 2.24. The van der Waals surface area contributed by atoms with Gasteiger partial charge in [0.25, 0.3) is 0 Å². The first-order chi connectivity index (χ1) is 15.6. The maximum absolute atomic E-state index is 12.6. The molecule has 1 N–H and O–H groups in total. The average molecular weight is 466 g/mol. The van der Waals surface area contributed by atoms with Crippen LogP contribution in [-0.4, -0.2) is 44.5 Å². The molecule has 5 rings (SSSR count). The summed E-state index contributed by atoms with van der Waals surface area (Å²) in [5.41, 5.74) is 4.64. The molecular formula is C24H24ClN5OS. The van der Waals surface area contributed by atoms with Gasteiger partial charge < -0.3 is 10.2 Å². The Balaban J connectivity index is 1.33. The van der Waals surface area contributed by atoms with Gasteiger partial charge in [-0.1, -0.05) is 29.8 Å². The number of carbonyl (C=O) groups excluding carboxylic acids is 1. The number of aryl methyl sites for hydroxylation is 1. The van der Waals surface area contributed by atoms with Crippen molar-refractivity contribution >= 4 is 40.3 Å². The van der Waals surface area contributed by atoms with Crippen LogP contribution in [0.4, 0.5) is 5.82 Å². The molecule has 3 aromatic heterocycles. The van der Waals surface area contributed by atoms with Gasteiger partial charge in [0.2, 0.25) is 5.91 Å². The van der Waals surface area contributed by atoms with E-state index >= 15 is 0 Å². The van der Waals surface area contributed by atoms with E-state index in [1.54, 1.807) is 11.3 Å². The summed E-state index contributed by atoms with van der Waals surface area (Å²) in [6.45, 7) is 3.52. The molecule has 0 radical (unpaired) electrons. The van der Waals surface area contributed by atoms with E-state index in [0.29, 0.717) is 11.4 Å². The Labute approximate surface area is 195 Å². The molecule has 1 fully saturated rings. The van der Waals surface area contributed by atoms with Crippen LogP contribution in [0.1, 0.15) is 24.0 Å². The van der Waals surface area contributed by atoms with Gasteiger partial charge in [-0.05, 0) is 48.2 Å². The molecule has 4 heterocycles. The van der Waals surface area contributed by atoms with Crippen LogP contribution in [0.15, 0.2) is 53.4 Å². The number of amides is 1. The Morgan fingerprint density at radius 3 is 2.81 bits per heavy atom. The fourth-order valence-electron chi connectivity index (χ4n) is 4.14. The van der Waals surface area contributed by atoms with Crippen LogP contribution in [0.25, 0.3) is 16.9 Å². The van der Waals surface area contributed by atoms with Gasteiger partial charge in [0.1, 0.15) is 5.82 Å². The van der Waals surface area contributed by atoms with E-state index in [1.165, 1.54) is 0 Å². The summed E-state index contributed by atoms with van der Waals surface area (Å²) in [7, 11) is 0. The highest BCUT2D eigenvalue weighted by atomic mass is 35.5. The molecule has 0 unspecified atom stereocenters. The van der Waals surface area contributed by atoms with E-state index in [4.69, 9.17) is 16.6 Å². The van der Waals surface area contributed by atoms with Crippen molar-refractivity contribution < 1.29 is 4.79 Å². The maximum atomic E-state index is 12.6. The minimum atomic E-state index is 0.205. The Morgan fingerprint density at radius 2 is 2.06 bits per heavy atom. The van der Waals surface area contributed by atoms with Crippen LogP contribution in [0, 0.1) is 6.92 Å². The third-order valence-corrected chi connectivity index (χ3v) is 6.99. The first-order valence-electron chi connectivity index (χ1n) is 10.7. The van der Waals surface area contributed by atoms with Crippen molar-refractivity contribution in [2.24, 2.45) is 0 Å². The molecule has 164 valence electrons. The molecular weight excluding hydrogens is 442 g/mol. The lowest BCUT2D eigenvalue weighted by molar-refractivity contribution is -0.131. The summed E-state index contributed by atoms with van der Waals surface area (Å²) in [6.07, 6.45) is 4.09. The fourth-order valence-corrected chi connectivity index (χ4v) is 5.05. The number of fused-ring (bicyclic) bond motifs is 1. The number of carbonyl (C=O) groups is 1. The Hall–Kier alpha value is -2.90. The van der Waals surface area contributed by atoms with Gasteiger partial charge in [0.05, 0.1) is 18.3 Å². The summed E-state index contributed by atoms with van der Waals surface area (Å²) >= 11 is 8.08. The molecule has 1 aliphatic heterocycles. The third kappa shape index (κ3) is 4.23. The van der Waals surface area contributed by atoms with Gasteiger partial charge in [0, 0.05) is 41.3 Å². The zero-order valence-corrected chi connectivity index (χ0v) is 19.4. The number of hydrogen-bond acceptors (Lipinski definition) is 5. The fraction of sp³-hybridized carbons (Fsp3) is 0.292. The Morgan fingerprint density at radius 1 is 1.25 bits per heavy atom. The first kappa shape index (κ1) is 21.0. The number of nitrogens with zero attached hydrogens (tertiary/aromatic N) is 4. The molecule has 8 heteroatoms. The number of likely N-dealkylation sites (tertiary alicyclic amines) is 1.